The highest BCUT2D eigenvalue weighted by Gasteiger charge is 2.58. The van der Waals surface area contributed by atoms with Crippen LogP contribution in [0.2, 0.25) is 0 Å². The average Bonchev–Trinajstić information content (AvgIpc) is 3.02. The quantitative estimate of drug-likeness (QED) is 0.174. The normalized spacial score (nSPS) is 18.7. The van der Waals surface area contributed by atoms with Gasteiger partial charge < -0.3 is 19.1 Å². The molecule has 0 N–H and O–H groups in total. The van der Waals surface area contributed by atoms with E-state index < -0.39 is 28.0 Å². The summed E-state index contributed by atoms with van der Waals surface area (Å²) in [6, 6.07) is 12.4. The lowest BCUT2D eigenvalue weighted by atomic mass is 9.76. The number of nitrogens with zero attached hydrogens (tertiary/aromatic N) is 2. The highest BCUT2D eigenvalue weighted by molar-refractivity contribution is 5.86. The van der Waals surface area contributed by atoms with Crippen molar-refractivity contribution < 1.29 is 28.7 Å². The molecule has 1 atom stereocenters. The van der Waals surface area contributed by atoms with Gasteiger partial charge in [0.2, 0.25) is 5.72 Å². The van der Waals surface area contributed by atoms with Gasteiger partial charge in [-0.3, -0.25) is 14.9 Å². The van der Waals surface area contributed by atoms with E-state index in [0.717, 1.165) is 11.3 Å². The van der Waals surface area contributed by atoms with Crippen LogP contribution in [0.1, 0.15) is 38.3 Å². The van der Waals surface area contributed by atoms with Crippen molar-refractivity contribution in [2.75, 3.05) is 24.7 Å². The molecule has 0 saturated heterocycles. The summed E-state index contributed by atoms with van der Waals surface area (Å²) in [5.41, 5.74) is 1.39. The molecule has 9 heteroatoms. The first-order valence-electron chi connectivity index (χ1n) is 11.6. The summed E-state index contributed by atoms with van der Waals surface area (Å²) in [4.78, 5) is 36.7. The number of ether oxygens (including phenoxy) is 3. The molecule has 4 rings (SSSR count). The highest BCUT2D eigenvalue weighted by Crippen LogP contribution is 2.55. The van der Waals surface area contributed by atoms with Crippen LogP contribution in [0.4, 0.5) is 11.4 Å². The third-order valence-corrected chi connectivity index (χ3v) is 6.59. The zero-order valence-electron chi connectivity index (χ0n) is 20.5. The Morgan fingerprint density at radius 2 is 1.86 bits per heavy atom. The molecule has 9 nitrogen and oxygen atoms in total. The molecule has 188 valence electrons. The lowest BCUT2D eigenvalue weighted by Gasteiger charge is -2.47. The molecular formula is C27H28N2O7. The van der Waals surface area contributed by atoms with E-state index in [4.69, 9.17) is 14.2 Å². The SMILES string of the molecule is C=C(C)C(=O)OCCOC(=O)CCN1c2ccccc2C(C)(C)C12C=Cc1cc([N+](=O)[O-])ccc1O2. The fourth-order valence-corrected chi connectivity index (χ4v) is 4.68. The molecule has 2 aromatic carbocycles. The second kappa shape index (κ2) is 9.49. The number of carbonyl (C=O) groups excluding carboxylic acids is 2. The maximum Gasteiger partial charge on any atom is 0.333 e. The van der Waals surface area contributed by atoms with Gasteiger partial charge >= 0.3 is 11.9 Å². The highest BCUT2D eigenvalue weighted by atomic mass is 16.6. The van der Waals surface area contributed by atoms with Crippen molar-refractivity contribution >= 4 is 29.4 Å². The van der Waals surface area contributed by atoms with E-state index in [-0.39, 0.29) is 30.9 Å². The second-order valence-corrected chi connectivity index (χ2v) is 9.29. The predicted molar refractivity (Wildman–Crippen MR) is 134 cm³/mol. The van der Waals surface area contributed by atoms with Gasteiger partial charge in [0.25, 0.3) is 5.69 Å². The smallest absolute Gasteiger partial charge is 0.333 e. The Kier molecular flexibility index (Phi) is 6.58. The third-order valence-electron chi connectivity index (χ3n) is 6.59. The zero-order chi connectivity index (χ0) is 26.1. The molecule has 1 spiro atoms. The van der Waals surface area contributed by atoms with Gasteiger partial charge in [-0.05, 0) is 50.6 Å². The number of para-hydroxylation sites is 1. The van der Waals surface area contributed by atoms with Crippen LogP contribution in [0.5, 0.6) is 5.75 Å². The minimum Gasteiger partial charge on any atom is -0.463 e. The number of nitro benzene ring substituents is 1. The first kappa shape index (κ1) is 25.0. The Labute approximate surface area is 209 Å². The summed E-state index contributed by atoms with van der Waals surface area (Å²) in [5, 5.41) is 11.2. The Bertz CT molecular complexity index is 1270. The number of benzene rings is 2. The minimum absolute atomic E-state index is 0.0135. The van der Waals surface area contributed by atoms with Gasteiger partial charge in [-0.15, -0.1) is 0 Å². The van der Waals surface area contributed by atoms with Gasteiger partial charge in [0.1, 0.15) is 19.0 Å². The molecule has 0 radical (unpaired) electrons. The van der Waals surface area contributed by atoms with Crippen molar-refractivity contribution in [3.05, 3.63) is 81.9 Å². The molecule has 0 amide bonds. The first-order valence-corrected chi connectivity index (χ1v) is 11.6. The predicted octanol–water partition coefficient (Wildman–Crippen LogP) is 4.55. The van der Waals surface area contributed by atoms with Crippen LogP contribution in [0.3, 0.4) is 0 Å². The van der Waals surface area contributed by atoms with E-state index in [0.29, 0.717) is 17.9 Å². The Hall–Kier alpha value is -4.14. The van der Waals surface area contributed by atoms with Gasteiger partial charge in [0, 0.05) is 35.5 Å². The summed E-state index contributed by atoms with van der Waals surface area (Å²) in [5.74, 6) is -0.443. The maximum atomic E-state index is 12.5. The third kappa shape index (κ3) is 4.32. The molecule has 0 aliphatic carbocycles. The first-order chi connectivity index (χ1) is 17.1. The van der Waals surface area contributed by atoms with E-state index >= 15 is 0 Å². The molecule has 0 aromatic heterocycles. The summed E-state index contributed by atoms with van der Waals surface area (Å²) >= 11 is 0. The Balaban J connectivity index is 1.54. The molecule has 36 heavy (non-hydrogen) atoms. The van der Waals surface area contributed by atoms with Crippen LogP contribution in [-0.2, 0) is 24.5 Å². The monoisotopic (exact) mass is 492 g/mol. The van der Waals surface area contributed by atoms with Crippen molar-refractivity contribution in [2.45, 2.75) is 38.3 Å². The molecule has 0 fully saturated rings. The van der Waals surface area contributed by atoms with Crippen molar-refractivity contribution in [1.29, 1.82) is 0 Å². The van der Waals surface area contributed by atoms with E-state index in [2.05, 4.69) is 20.4 Å². The number of nitro groups is 1. The van der Waals surface area contributed by atoms with Crippen LogP contribution >= 0.6 is 0 Å². The van der Waals surface area contributed by atoms with Gasteiger partial charge in [-0.25, -0.2) is 4.79 Å². The van der Waals surface area contributed by atoms with Crippen molar-refractivity contribution in [1.82, 2.24) is 0 Å². The number of non-ortho nitro benzene ring substituents is 1. The van der Waals surface area contributed by atoms with E-state index in [1.165, 1.54) is 12.1 Å². The summed E-state index contributed by atoms with van der Waals surface area (Å²) in [6.07, 6.45) is 3.81. The van der Waals surface area contributed by atoms with Crippen molar-refractivity contribution in [3.63, 3.8) is 0 Å². The number of fused-ring (bicyclic) bond motifs is 2. The fraction of sp³-hybridized carbons (Fsp3) is 0.333. The number of anilines is 1. The van der Waals surface area contributed by atoms with Crippen LogP contribution in [0.15, 0.2) is 60.7 Å². The maximum absolute atomic E-state index is 12.5. The number of hydrogen-bond donors (Lipinski definition) is 0. The molecule has 0 saturated carbocycles. The Morgan fingerprint density at radius 3 is 2.58 bits per heavy atom. The number of carbonyl (C=O) groups is 2. The van der Waals surface area contributed by atoms with Crippen molar-refractivity contribution in [3.8, 4) is 5.75 Å². The van der Waals surface area contributed by atoms with E-state index in [9.17, 15) is 19.7 Å². The summed E-state index contributed by atoms with van der Waals surface area (Å²) < 4.78 is 16.8. The molecule has 0 bridgehead atoms. The van der Waals surface area contributed by atoms with E-state index in [1.54, 1.807) is 13.0 Å². The fourth-order valence-electron chi connectivity index (χ4n) is 4.68. The molecule has 1 unspecified atom stereocenters. The minimum atomic E-state index is -0.961. The summed E-state index contributed by atoms with van der Waals surface area (Å²) in [6.45, 7) is 9.40. The largest absolute Gasteiger partial charge is 0.463 e. The average molecular weight is 493 g/mol. The van der Waals surface area contributed by atoms with Crippen LogP contribution < -0.4 is 9.64 Å². The molecular weight excluding hydrogens is 464 g/mol. The molecule has 2 aliphatic rings. The standard InChI is InChI=1S/C27H28N2O7/c1-18(2)25(31)35-16-15-34-24(30)12-14-28-22-8-6-5-7-21(22)26(3,4)27(28)13-11-19-17-20(29(32)33)9-10-23(19)36-27/h5-11,13,17H,1,12,14-16H2,2-4H3. The van der Waals surface area contributed by atoms with Crippen LogP contribution in [0, 0.1) is 10.1 Å². The lowest BCUT2D eigenvalue weighted by Crippen LogP contribution is -2.60. The lowest BCUT2D eigenvalue weighted by molar-refractivity contribution is -0.384. The topological polar surface area (TPSA) is 108 Å². The number of hydrogen-bond acceptors (Lipinski definition) is 8. The number of esters is 2. The van der Waals surface area contributed by atoms with Crippen molar-refractivity contribution in [2.24, 2.45) is 0 Å². The zero-order valence-corrected chi connectivity index (χ0v) is 20.5. The van der Waals surface area contributed by atoms with Gasteiger partial charge in [-0.1, -0.05) is 24.8 Å². The molecule has 2 heterocycles. The molecule has 2 aliphatic heterocycles. The van der Waals surface area contributed by atoms with Crippen LogP contribution in [0.25, 0.3) is 6.08 Å². The van der Waals surface area contributed by atoms with E-state index in [1.807, 2.05) is 41.3 Å². The van der Waals surface area contributed by atoms with Gasteiger partial charge in [0.15, 0.2) is 0 Å². The van der Waals surface area contributed by atoms with Gasteiger partial charge in [-0.2, -0.15) is 0 Å². The molecule has 2 aromatic rings. The number of rotatable bonds is 8. The Morgan fingerprint density at radius 1 is 1.14 bits per heavy atom. The second-order valence-electron chi connectivity index (χ2n) is 9.29. The summed E-state index contributed by atoms with van der Waals surface area (Å²) in [7, 11) is 0. The van der Waals surface area contributed by atoms with Crippen LogP contribution in [-0.4, -0.2) is 42.3 Å². The van der Waals surface area contributed by atoms with Gasteiger partial charge in [0.05, 0.1) is 16.8 Å².